The van der Waals surface area contributed by atoms with Crippen molar-refractivity contribution in [3.05, 3.63) is 71.0 Å². The summed E-state index contributed by atoms with van der Waals surface area (Å²) in [5.41, 5.74) is 1.74. The molecule has 0 spiro atoms. The van der Waals surface area contributed by atoms with Gasteiger partial charge in [-0.25, -0.2) is 4.39 Å². The molecule has 0 aliphatic heterocycles. The van der Waals surface area contributed by atoms with Crippen LogP contribution in [0, 0.1) is 12.7 Å². The van der Waals surface area contributed by atoms with Crippen LogP contribution in [0.4, 0.5) is 4.39 Å². The smallest absolute Gasteiger partial charge is 0.129 e. The Morgan fingerprint density at radius 2 is 1.68 bits per heavy atom. The van der Waals surface area contributed by atoms with E-state index in [2.05, 4.69) is 0 Å². The van der Waals surface area contributed by atoms with Gasteiger partial charge in [0.25, 0.3) is 0 Å². The molecule has 0 aliphatic rings. The molecule has 2 aromatic carbocycles. The molecule has 0 aliphatic carbocycles. The standard InChI is InChI=1S/C17H19FO/c1-12-9-10-15(18)14(11-12)16(19)17(2,3)13-7-5-4-6-8-13/h4-11,16,19H,1-3H3. The number of aryl methyl sites for hydroxylation is 1. The summed E-state index contributed by atoms with van der Waals surface area (Å²) in [5, 5.41) is 10.6. The molecule has 0 radical (unpaired) electrons. The molecule has 1 atom stereocenters. The highest BCUT2D eigenvalue weighted by Crippen LogP contribution is 2.37. The predicted octanol–water partition coefficient (Wildman–Crippen LogP) is 4.15. The van der Waals surface area contributed by atoms with Crippen LogP contribution in [-0.4, -0.2) is 5.11 Å². The molecule has 1 nitrogen and oxygen atoms in total. The minimum absolute atomic E-state index is 0.355. The fourth-order valence-electron chi connectivity index (χ4n) is 2.29. The lowest BCUT2D eigenvalue weighted by Gasteiger charge is -2.31. The normalized spacial score (nSPS) is 13.3. The number of aliphatic hydroxyl groups excluding tert-OH is 1. The van der Waals surface area contributed by atoms with E-state index >= 15 is 0 Å². The Labute approximate surface area is 113 Å². The van der Waals surface area contributed by atoms with E-state index in [9.17, 15) is 9.50 Å². The monoisotopic (exact) mass is 258 g/mol. The minimum atomic E-state index is -0.880. The minimum Gasteiger partial charge on any atom is -0.387 e. The average Bonchev–Trinajstić information content (AvgIpc) is 2.41. The molecule has 100 valence electrons. The number of hydrogen-bond donors (Lipinski definition) is 1. The first-order valence-electron chi connectivity index (χ1n) is 6.42. The van der Waals surface area contributed by atoms with Crippen molar-refractivity contribution in [3.63, 3.8) is 0 Å². The predicted molar refractivity (Wildman–Crippen MR) is 75.6 cm³/mol. The van der Waals surface area contributed by atoms with Crippen LogP contribution in [0.1, 0.15) is 36.6 Å². The van der Waals surface area contributed by atoms with E-state index in [4.69, 9.17) is 0 Å². The summed E-state index contributed by atoms with van der Waals surface area (Å²) in [6.45, 7) is 5.74. The fourth-order valence-corrected chi connectivity index (χ4v) is 2.29. The van der Waals surface area contributed by atoms with Gasteiger partial charge in [0.1, 0.15) is 5.82 Å². The van der Waals surface area contributed by atoms with Gasteiger partial charge >= 0.3 is 0 Å². The van der Waals surface area contributed by atoms with Gasteiger partial charge in [0.2, 0.25) is 0 Å². The van der Waals surface area contributed by atoms with E-state index in [0.29, 0.717) is 5.56 Å². The largest absolute Gasteiger partial charge is 0.387 e. The quantitative estimate of drug-likeness (QED) is 0.877. The molecule has 1 N–H and O–H groups in total. The van der Waals surface area contributed by atoms with Gasteiger partial charge in [-0.05, 0) is 18.6 Å². The van der Waals surface area contributed by atoms with Crippen molar-refractivity contribution in [2.24, 2.45) is 0 Å². The van der Waals surface area contributed by atoms with E-state index in [1.54, 1.807) is 12.1 Å². The Hall–Kier alpha value is -1.67. The highest BCUT2D eigenvalue weighted by atomic mass is 19.1. The van der Waals surface area contributed by atoms with Gasteiger partial charge in [0, 0.05) is 11.0 Å². The van der Waals surface area contributed by atoms with Gasteiger partial charge in [-0.1, -0.05) is 61.9 Å². The van der Waals surface area contributed by atoms with Crippen molar-refractivity contribution in [2.75, 3.05) is 0 Å². The lowest BCUT2D eigenvalue weighted by Crippen LogP contribution is -2.27. The third kappa shape index (κ3) is 2.69. The summed E-state index contributed by atoms with van der Waals surface area (Å²) in [6, 6.07) is 14.5. The molecule has 0 amide bonds. The zero-order chi connectivity index (χ0) is 14.0. The highest BCUT2D eigenvalue weighted by molar-refractivity contribution is 5.33. The molecule has 1 unspecified atom stereocenters. The molecule has 2 rings (SSSR count). The van der Waals surface area contributed by atoms with E-state index < -0.39 is 11.5 Å². The molecule has 0 saturated carbocycles. The molecule has 0 fully saturated rings. The average molecular weight is 258 g/mol. The second-order valence-electron chi connectivity index (χ2n) is 5.52. The Balaban J connectivity index is 2.43. The number of halogens is 1. The van der Waals surface area contributed by atoms with Crippen molar-refractivity contribution in [1.29, 1.82) is 0 Å². The van der Waals surface area contributed by atoms with Crippen molar-refractivity contribution >= 4 is 0 Å². The van der Waals surface area contributed by atoms with E-state index in [1.165, 1.54) is 6.07 Å². The summed E-state index contributed by atoms with van der Waals surface area (Å²) in [7, 11) is 0. The van der Waals surface area contributed by atoms with Crippen molar-refractivity contribution in [3.8, 4) is 0 Å². The molecule has 0 saturated heterocycles. The van der Waals surface area contributed by atoms with Crippen molar-refractivity contribution in [2.45, 2.75) is 32.3 Å². The Morgan fingerprint density at radius 1 is 1.05 bits per heavy atom. The zero-order valence-corrected chi connectivity index (χ0v) is 11.5. The van der Waals surface area contributed by atoms with Crippen LogP contribution in [0.25, 0.3) is 0 Å². The molecule has 0 bridgehead atoms. The summed E-state index contributed by atoms with van der Waals surface area (Å²) in [5.74, 6) is -0.359. The van der Waals surface area contributed by atoms with Crippen LogP contribution in [0.5, 0.6) is 0 Å². The highest BCUT2D eigenvalue weighted by Gasteiger charge is 2.32. The van der Waals surface area contributed by atoms with Crippen molar-refractivity contribution in [1.82, 2.24) is 0 Å². The first-order chi connectivity index (χ1) is 8.93. The number of rotatable bonds is 3. The molecular formula is C17H19FO. The van der Waals surface area contributed by atoms with E-state index in [1.807, 2.05) is 51.1 Å². The summed E-state index contributed by atoms with van der Waals surface area (Å²) in [4.78, 5) is 0. The number of hydrogen-bond acceptors (Lipinski definition) is 1. The molecule has 0 aromatic heterocycles. The lowest BCUT2D eigenvalue weighted by molar-refractivity contribution is 0.0965. The summed E-state index contributed by atoms with van der Waals surface area (Å²) < 4.78 is 13.9. The third-order valence-electron chi connectivity index (χ3n) is 3.65. The van der Waals surface area contributed by atoms with Crippen LogP contribution in [0.2, 0.25) is 0 Å². The first-order valence-corrected chi connectivity index (χ1v) is 6.42. The zero-order valence-electron chi connectivity index (χ0n) is 11.5. The lowest BCUT2D eigenvalue weighted by atomic mass is 9.76. The molecule has 2 aromatic rings. The van der Waals surface area contributed by atoms with Crippen LogP contribution in [0.15, 0.2) is 48.5 Å². The van der Waals surface area contributed by atoms with Gasteiger partial charge in [0.15, 0.2) is 0 Å². The van der Waals surface area contributed by atoms with E-state index in [-0.39, 0.29) is 5.82 Å². The van der Waals surface area contributed by atoms with Gasteiger partial charge in [-0.15, -0.1) is 0 Å². The third-order valence-corrected chi connectivity index (χ3v) is 3.65. The second kappa shape index (κ2) is 5.14. The van der Waals surface area contributed by atoms with Crippen LogP contribution in [0.3, 0.4) is 0 Å². The maximum Gasteiger partial charge on any atom is 0.129 e. The van der Waals surface area contributed by atoms with Crippen molar-refractivity contribution < 1.29 is 9.50 Å². The molecule has 0 heterocycles. The molecule has 19 heavy (non-hydrogen) atoms. The SMILES string of the molecule is Cc1ccc(F)c(C(O)C(C)(C)c2ccccc2)c1. The Morgan fingerprint density at radius 3 is 2.32 bits per heavy atom. The molecule has 2 heteroatoms. The van der Waals surface area contributed by atoms with Gasteiger partial charge in [0.05, 0.1) is 6.10 Å². The molecular weight excluding hydrogens is 239 g/mol. The van der Waals surface area contributed by atoms with Crippen LogP contribution >= 0.6 is 0 Å². The van der Waals surface area contributed by atoms with Crippen LogP contribution in [-0.2, 0) is 5.41 Å². The van der Waals surface area contributed by atoms with E-state index in [0.717, 1.165) is 11.1 Å². The summed E-state index contributed by atoms with van der Waals surface area (Å²) >= 11 is 0. The summed E-state index contributed by atoms with van der Waals surface area (Å²) in [6.07, 6.45) is -0.880. The van der Waals surface area contributed by atoms with Gasteiger partial charge in [-0.2, -0.15) is 0 Å². The number of aliphatic hydroxyl groups is 1. The first kappa shape index (κ1) is 13.8. The van der Waals surface area contributed by atoms with Gasteiger partial charge < -0.3 is 5.11 Å². The fraction of sp³-hybridized carbons (Fsp3) is 0.294. The topological polar surface area (TPSA) is 20.2 Å². The maximum absolute atomic E-state index is 13.9. The Bertz CT molecular complexity index is 561. The van der Waals surface area contributed by atoms with Crippen LogP contribution < -0.4 is 0 Å². The second-order valence-corrected chi connectivity index (χ2v) is 5.52. The number of benzene rings is 2. The Kier molecular flexibility index (Phi) is 3.72. The maximum atomic E-state index is 13.9. The van der Waals surface area contributed by atoms with Gasteiger partial charge in [-0.3, -0.25) is 0 Å².